The van der Waals surface area contributed by atoms with Gasteiger partial charge in [-0.1, -0.05) is 20.8 Å². The summed E-state index contributed by atoms with van der Waals surface area (Å²) in [6.45, 7) is 8.20. The third-order valence-electron chi connectivity index (χ3n) is 3.25. The fraction of sp³-hybridized carbons (Fsp3) is 0.909. The average molecular weight is 199 g/mol. The van der Waals surface area contributed by atoms with E-state index in [1.807, 2.05) is 0 Å². The first kappa shape index (κ1) is 11.5. The van der Waals surface area contributed by atoms with Crippen molar-refractivity contribution in [3.05, 3.63) is 0 Å². The Morgan fingerprint density at radius 3 is 2.43 bits per heavy atom. The van der Waals surface area contributed by atoms with Gasteiger partial charge in [0, 0.05) is 6.54 Å². The van der Waals surface area contributed by atoms with Gasteiger partial charge in [-0.05, 0) is 31.3 Å². The maximum atomic E-state index is 11.1. The number of hydrogen-bond donors (Lipinski definition) is 1. The summed E-state index contributed by atoms with van der Waals surface area (Å²) in [6.07, 6.45) is 0.785. The zero-order chi connectivity index (χ0) is 10.9. The molecule has 3 nitrogen and oxygen atoms in total. The zero-order valence-corrected chi connectivity index (χ0v) is 9.58. The van der Waals surface area contributed by atoms with E-state index in [0.717, 1.165) is 19.5 Å². The van der Waals surface area contributed by atoms with Crippen LogP contribution in [-0.4, -0.2) is 36.1 Å². The van der Waals surface area contributed by atoms with Gasteiger partial charge in [0.1, 0.15) is 0 Å². The Balaban J connectivity index is 2.79. The van der Waals surface area contributed by atoms with Crippen LogP contribution >= 0.6 is 0 Å². The minimum absolute atomic E-state index is 0.0811. The molecule has 0 aromatic carbocycles. The Bertz CT molecular complexity index is 220. The van der Waals surface area contributed by atoms with Crippen LogP contribution in [0.3, 0.4) is 0 Å². The lowest BCUT2D eigenvalue weighted by Gasteiger charge is -2.42. The number of nitrogens with zero attached hydrogens (tertiary/aromatic N) is 1. The summed E-state index contributed by atoms with van der Waals surface area (Å²) in [6, 6.07) is 0. The van der Waals surface area contributed by atoms with E-state index in [2.05, 4.69) is 32.7 Å². The molecule has 1 aliphatic heterocycles. The zero-order valence-electron chi connectivity index (χ0n) is 9.58. The third-order valence-corrected chi connectivity index (χ3v) is 3.25. The third kappa shape index (κ3) is 2.47. The Hall–Kier alpha value is -0.570. The quantitative estimate of drug-likeness (QED) is 0.698. The molecular formula is C11H21NO2. The molecule has 1 fully saturated rings. The molecule has 0 amide bonds. The number of piperidine rings is 1. The molecule has 14 heavy (non-hydrogen) atoms. The van der Waals surface area contributed by atoms with E-state index in [1.54, 1.807) is 0 Å². The molecule has 0 saturated carbocycles. The highest BCUT2D eigenvalue weighted by Crippen LogP contribution is 2.37. The smallest absolute Gasteiger partial charge is 0.306 e. The largest absolute Gasteiger partial charge is 0.481 e. The molecule has 0 radical (unpaired) electrons. The molecule has 2 atom stereocenters. The lowest BCUT2D eigenvalue weighted by Crippen LogP contribution is -2.46. The number of carbonyl (C=O) groups is 1. The van der Waals surface area contributed by atoms with Gasteiger partial charge in [-0.15, -0.1) is 0 Å². The molecule has 1 heterocycles. The van der Waals surface area contributed by atoms with Crippen molar-refractivity contribution in [2.24, 2.45) is 17.3 Å². The van der Waals surface area contributed by atoms with Gasteiger partial charge < -0.3 is 10.0 Å². The van der Waals surface area contributed by atoms with Crippen molar-refractivity contribution >= 4 is 5.97 Å². The molecular weight excluding hydrogens is 178 g/mol. The molecule has 1 rings (SSSR count). The van der Waals surface area contributed by atoms with Crippen LogP contribution in [-0.2, 0) is 4.79 Å². The summed E-state index contributed by atoms with van der Waals surface area (Å²) in [7, 11) is 2.07. The molecule has 3 heteroatoms. The Morgan fingerprint density at radius 2 is 2.00 bits per heavy atom. The van der Waals surface area contributed by atoms with Crippen LogP contribution in [0.1, 0.15) is 27.2 Å². The maximum absolute atomic E-state index is 11.1. The van der Waals surface area contributed by atoms with Gasteiger partial charge in [-0.3, -0.25) is 4.79 Å². The molecule has 0 aromatic rings. The lowest BCUT2D eigenvalue weighted by molar-refractivity contribution is -0.148. The predicted molar refractivity (Wildman–Crippen MR) is 56.2 cm³/mol. The standard InChI is InChI=1S/C11H21NO2/c1-11(2,3)9-7-12(4)6-5-8(9)10(13)14/h8-9H,5-7H2,1-4H3,(H,13,14). The van der Waals surface area contributed by atoms with E-state index < -0.39 is 5.97 Å². The van der Waals surface area contributed by atoms with E-state index in [0.29, 0.717) is 0 Å². The second-order valence-corrected chi connectivity index (χ2v) is 5.47. The lowest BCUT2D eigenvalue weighted by atomic mass is 9.70. The van der Waals surface area contributed by atoms with E-state index in [9.17, 15) is 4.79 Å². The van der Waals surface area contributed by atoms with Crippen LogP contribution in [0.5, 0.6) is 0 Å². The SMILES string of the molecule is CN1CCC(C(=O)O)C(C(C)(C)C)C1. The Labute approximate surface area is 86.1 Å². The summed E-state index contributed by atoms with van der Waals surface area (Å²) >= 11 is 0. The van der Waals surface area contributed by atoms with Gasteiger partial charge in [0.25, 0.3) is 0 Å². The molecule has 82 valence electrons. The normalized spacial score (nSPS) is 30.3. The Morgan fingerprint density at radius 1 is 1.43 bits per heavy atom. The predicted octanol–water partition coefficient (Wildman–Crippen LogP) is 1.68. The highest BCUT2D eigenvalue weighted by Gasteiger charge is 2.39. The van der Waals surface area contributed by atoms with Gasteiger partial charge >= 0.3 is 5.97 Å². The number of likely N-dealkylation sites (tertiary alicyclic amines) is 1. The van der Waals surface area contributed by atoms with Crippen LogP contribution in [0.25, 0.3) is 0 Å². The van der Waals surface area contributed by atoms with Gasteiger partial charge in [-0.2, -0.15) is 0 Å². The van der Waals surface area contributed by atoms with Crippen molar-refractivity contribution in [3.63, 3.8) is 0 Å². The fourth-order valence-electron chi connectivity index (χ4n) is 2.29. The van der Waals surface area contributed by atoms with E-state index in [1.165, 1.54) is 0 Å². The van der Waals surface area contributed by atoms with E-state index in [4.69, 9.17) is 5.11 Å². The summed E-state index contributed by atoms with van der Waals surface area (Å²) in [5.41, 5.74) is 0.0811. The first-order valence-corrected chi connectivity index (χ1v) is 5.23. The first-order chi connectivity index (χ1) is 6.32. The molecule has 0 aromatic heterocycles. The number of carboxylic acids is 1. The number of carboxylic acid groups (broad SMARTS) is 1. The van der Waals surface area contributed by atoms with Crippen molar-refractivity contribution in [1.82, 2.24) is 4.90 Å². The highest BCUT2D eigenvalue weighted by atomic mass is 16.4. The van der Waals surface area contributed by atoms with Gasteiger partial charge in [0.05, 0.1) is 5.92 Å². The van der Waals surface area contributed by atoms with Gasteiger partial charge in [-0.25, -0.2) is 0 Å². The fourth-order valence-corrected chi connectivity index (χ4v) is 2.29. The van der Waals surface area contributed by atoms with Crippen molar-refractivity contribution in [2.75, 3.05) is 20.1 Å². The topological polar surface area (TPSA) is 40.5 Å². The highest BCUT2D eigenvalue weighted by molar-refractivity contribution is 5.70. The van der Waals surface area contributed by atoms with Crippen molar-refractivity contribution in [2.45, 2.75) is 27.2 Å². The van der Waals surface area contributed by atoms with Crippen LogP contribution < -0.4 is 0 Å². The molecule has 1 aliphatic rings. The number of rotatable bonds is 1. The molecule has 1 N–H and O–H groups in total. The molecule has 0 aliphatic carbocycles. The summed E-state index contributed by atoms with van der Waals surface area (Å²) in [5, 5.41) is 9.14. The number of hydrogen-bond acceptors (Lipinski definition) is 2. The number of aliphatic carboxylic acids is 1. The second kappa shape index (κ2) is 3.89. The molecule has 0 bridgehead atoms. The minimum Gasteiger partial charge on any atom is -0.481 e. The van der Waals surface area contributed by atoms with Crippen LogP contribution in [0.15, 0.2) is 0 Å². The maximum Gasteiger partial charge on any atom is 0.306 e. The first-order valence-electron chi connectivity index (χ1n) is 5.23. The summed E-state index contributed by atoms with van der Waals surface area (Å²) in [4.78, 5) is 13.3. The van der Waals surface area contributed by atoms with Crippen molar-refractivity contribution in [3.8, 4) is 0 Å². The van der Waals surface area contributed by atoms with Crippen molar-refractivity contribution in [1.29, 1.82) is 0 Å². The molecule has 1 saturated heterocycles. The van der Waals surface area contributed by atoms with E-state index in [-0.39, 0.29) is 17.3 Å². The average Bonchev–Trinajstić information content (AvgIpc) is 2.01. The van der Waals surface area contributed by atoms with E-state index >= 15 is 0 Å². The van der Waals surface area contributed by atoms with Crippen LogP contribution in [0.4, 0.5) is 0 Å². The Kier molecular flexibility index (Phi) is 3.20. The van der Waals surface area contributed by atoms with Gasteiger partial charge in [0.15, 0.2) is 0 Å². The van der Waals surface area contributed by atoms with Crippen LogP contribution in [0.2, 0.25) is 0 Å². The van der Waals surface area contributed by atoms with Crippen molar-refractivity contribution < 1.29 is 9.90 Å². The summed E-state index contributed by atoms with van der Waals surface area (Å²) < 4.78 is 0. The minimum atomic E-state index is -0.627. The summed E-state index contributed by atoms with van der Waals surface area (Å²) in [5.74, 6) is -0.525. The second-order valence-electron chi connectivity index (χ2n) is 5.47. The molecule has 2 unspecified atom stereocenters. The van der Waals surface area contributed by atoms with Gasteiger partial charge in [0.2, 0.25) is 0 Å². The van der Waals surface area contributed by atoms with Crippen LogP contribution in [0, 0.1) is 17.3 Å². The molecule has 0 spiro atoms. The monoisotopic (exact) mass is 199 g/mol.